The fourth-order valence-electron chi connectivity index (χ4n) is 3.87. The van der Waals surface area contributed by atoms with Gasteiger partial charge in [-0.15, -0.1) is 0 Å². The van der Waals surface area contributed by atoms with Gasteiger partial charge in [-0.3, -0.25) is 9.36 Å². The number of hydrogen-bond donors (Lipinski definition) is 2. The van der Waals surface area contributed by atoms with E-state index in [1.54, 1.807) is 29.1 Å². The number of carboxylic acids is 2. The van der Waals surface area contributed by atoms with Crippen molar-refractivity contribution in [3.05, 3.63) is 42.2 Å². The van der Waals surface area contributed by atoms with Crippen molar-refractivity contribution in [2.75, 3.05) is 0 Å². The van der Waals surface area contributed by atoms with Gasteiger partial charge in [0.15, 0.2) is 5.16 Å². The fraction of sp³-hybridized carbons (Fsp3) is 0.577. The molecule has 0 saturated carbocycles. The molecule has 2 rings (SSSR count). The number of imidazole rings is 1. The summed E-state index contributed by atoms with van der Waals surface area (Å²) in [6.45, 7) is 2.25. The monoisotopic (exact) mass is 474 g/mol. The first-order valence-electron chi connectivity index (χ1n) is 12.3. The Morgan fingerprint density at radius 2 is 1.42 bits per heavy atom. The zero-order valence-electron chi connectivity index (χ0n) is 19.7. The highest BCUT2D eigenvalue weighted by Gasteiger charge is 2.21. The Morgan fingerprint density at radius 3 is 1.94 bits per heavy atom. The molecule has 0 bridgehead atoms. The van der Waals surface area contributed by atoms with Crippen molar-refractivity contribution in [3.8, 4) is 5.69 Å². The van der Waals surface area contributed by atoms with E-state index in [9.17, 15) is 14.7 Å². The van der Waals surface area contributed by atoms with Crippen LogP contribution in [0.1, 0.15) is 101 Å². The summed E-state index contributed by atoms with van der Waals surface area (Å²) in [5, 5.41) is 18.8. The normalized spacial score (nSPS) is 12.0. The van der Waals surface area contributed by atoms with Crippen LogP contribution in [0.4, 0.5) is 0 Å². The molecule has 2 N–H and O–H groups in total. The van der Waals surface area contributed by atoms with Crippen LogP contribution in [-0.2, 0) is 4.79 Å². The van der Waals surface area contributed by atoms with E-state index in [-0.39, 0.29) is 5.56 Å². The first-order chi connectivity index (χ1) is 16.0. The van der Waals surface area contributed by atoms with E-state index in [1.807, 2.05) is 0 Å². The van der Waals surface area contributed by atoms with Gasteiger partial charge in [0, 0.05) is 18.1 Å². The summed E-state index contributed by atoms with van der Waals surface area (Å²) < 4.78 is 1.80. The number of aromatic carboxylic acids is 1. The van der Waals surface area contributed by atoms with Gasteiger partial charge in [0.25, 0.3) is 0 Å². The third-order valence-corrected chi connectivity index (χ3v) is 7.08. The van der Waals surface area contributed by atoms with Crippen LogP contribution in [0.15, 0.2) is 41.8 Å². The van der Waals surface area contributed by atoms with E-state index in [0.717, 1.165) is 24.9 Å². The van der Waals surface area contributed by atoms with Crippen LogP contribution < -0.4 is 0 Å². The van der Waals surface area contributed by atoms with Crippen molar-refractivity contribution in [2.45, 2.75) is 101 Å². The van der Waals surface area contributed by atoms with Crippen LogP contribution in [0, 0.1) is 0 Å². The predicted molar refractivity (Wildman–Crippen MR) is 133 cm³/mol. The number of carbonyl (C=O) groups is 2. The Hall–Kier alpha value is -2.28. The van der Waals surface area contributed by atoms with Crippen molar-refractivity contribution in [2.24, 2.45) is 0 Å². The number of rotatable bonds is 18. The maximum atomic E-state index is 11.8. The lowest BCUT2D eigenvalue weighted by atomic mass is 10.0. The van der Waals surface area contributed by atoms with Gasteiger partial charge < -0.3 is 10.2 Å². The Balaban J connectivity index is 1.70. The van der Waals surface area contributed by atoms with Crippen LogP contribution in [0.25, 0.3) is 5.69 Å². The highest BCUT2D eigenvalue weighted by molar-refractivity contribution is 8.00. The van der Waals surface area contributed by atoms with Crippen LogP contribution in [0.5, 0.6) is 0 Å². The van der Waals surface area contributed by atoms with Gasteiger partial charge in [-0.1, -0.05) is 95.7 Å². The maximum Gasteiger partial charge on any atom is 0.335 e. The lowest BCUT2D eigenvalue weighted by molar-refractivity contribution is -0.136. The topological polar surface area (TPSA) is 92.4 Å². The van der Waals surface area contributed by atoms with Crippen molar-refractivity contribution in [1.29, 1.82) is 0 Å². The second kappa shape index (κ2) is 15.5. The van der Waals surface area contributed by atoms with Crippen LogP contribution in [0.2, 0.25) is 0 Å². The van der Waals surface area contributed by atoms with Gasteiger partial charge in [0.1, 0.15) is 5.25 Å². The number of nitrogens with zero attached hydrogens (tertiary/aromatic N) is 2. The van der Waals surface area contributed by atoms with E-state index in [4.69, 9.17) is 5.11 Å². The molecule has 1 unspecified atom stereocenters. The van der Waals surface area contributed by atoms with E-state index in [0.29, 0.717) is 11.6 Å². The smallest absolute Gasteiger partial charge is 0.335 e. The minimum atomic E-state index is -0.977. The third-order valence-electron chi connectivity index (χ3n) is 5.84. The Morgan fingerprint density at radius 1 is 0.879 bits per heavy atom. The zero-order chi connectivity index (χ0) is 23.9. The number of hydrogen-bond acceptors (Lipinski definition) is 4. The molecule has 0 spiro atoms. The first kappa shape index (κ1) is 27.0. The molecule has 0 saturated heterocycles. The van der Waals surface area contributed by atoms with E-state index < -0.39 is 17.2 Å². The Bertz CT molecular complexity index is 835. The van der Waals surface area contributed by atoms with Gasteiger partial charge >= 0.3 is 11.9 Å². The molecular formula is C26H38N2O4S. The summed E-state index contributed by atoms with van der Waals surface area (Å²) in [6.07, 6.45) is 19.1. The molecular weight excluding hydrogens is 436 g/mol. The summed E-state index contributed by atoms with van der Waals surface area (Å²) in [6, 6.07) is 6.48. The highest BCUT2D eigenvalue weighted by Crippen LogP contribution is 2.28. The average Bonchev–Trinajstić information content (AvgIpc) is 3.27. The quantitative estimate of drug-likeness (QED) is 0.175. The van der Waals surface area contributed by atoms with Crippen LogP contribution in [-0.4, -0.2) is 37.0 Å². The molecule has 0 amide bonds. The summed E-state index contributed by atoms with van der Waals surface area (Å²) in [4.78, 5) is 27.2. The standard InChI is InChI=1S/C26H38N2O4S/c1-2-3-4-5-6-7-8-9-10-11-12-13-14-23(25(31)32)33-26-27-19-20-28(26)22-17-15-21(16-18-22)24(29)30/h15-20,23H,2-14H2,1H3,(H,29,30)(H,31,32). The highest BCUT2D eigenvalue weighted by atomic mass is 32.2. The molecule has 0 fully saturated rings. The molecule has 33 heavy (non-hydrogen) atoms. The molecule has 0 aliphatic rings. The Labute approximate surface area is 201 Å². The van der Waals surface area contributed by atoms with Gasteiger partial charge in [0.05, 0.1) is 5.56 Å². The largest absolute Gasteiger partial charge is 0.480 e. The maximum absolute atomic E-state index is 11.8. The van der Waals surface area contributed by atoms with Crippen molar-refractivity contribution >= 4 is 23.7 Å². The van der Waals surface area contributed by atoms with E-state index >= 15 is 0 Å². The molecule has 7 heteroatoms. The molecule has 1 aromatic carbocycles. The molecule has 1 atom stereocenters. The minimum absolute atomic E-state index is 0.212. The third kappa shape index (κ3) is 10.0. The molecule has 6 nitrogen and oxygen atoms in total. The molecule has 1 heterocycles. The minimum Gasteiger partial charge on any atom is -0.480 e. The van der Waals surface area contributed by atoms with Crippen molar-refractivity contribution < 1.29 is 19.8 Å². The van der Waals surface area contributed by atoms with E-state index in [1.165, 1.54) is 81.7 Å². The summed E-state index contributed by atoms with van der Waals surface area (Å²) in [7, 11) is 0. The van der Waals surface area contributed by atoms with Crippen LogP contribution >= 0.6 is 11.8 Å². The number of thioether (sulfide) groups is 1. The molecule has 0 aliphatic heterocycles. The summed E-state index contributed by atoms with van der Waals surface area (Å²) in [5.74, 6) is -1.80. The van der Waals surface area contributed by atoms with Gasteiger partial charge in [-0.05, 0) is 30.7 Å². The molecule has 2 aromatic rings. The number of unbranched alkanes of at least 4 members (excludes halogenated alkanes) is 11. The van der Waals surface area contributed by atoms with E-state index in [2.05, 4.69) is 11.9 Å². The molecule has 182 valence electrons. The number of aliphatic carboxylic acids is 1. The molecule has 1 aromatic heterocycles. The second-order valence-corrected chi connectivity index (χ2v) is 9.72. The fourth-order valence-corrected chi connectivity index (χ4v) is 4.91. The lowest BCUT2D eigenvalue weighted by Gasteiger charge is -2.13. The van der Waals surface area contributed by atoms with Gasteiger partial charge in [-0.2, -0.15) is 0 Å². The first-order valence-corrected chi connectivity index (χ1v) is 13.2. The number of benzene rings is 1. The van der Waals surface area contributed by atoms with Crippen LogP contribution in [0.3, 0.4) is 0 Å². The number of aromatic nitrogens is 2. The Kier molecular flexibility index (Phi) is 12.7. The van der Waals surface area contributed by atoms with Gasteiger partial charge in [0.2, 0.25) is 0 Å². The summed E-state index contributed by atoms with van der Waals surface area (Å²) >= 11 is 1.25. The van der Waals surface area contributed by atoms with Crippen molar-refractivity contribution in [1.82, 2.24) is 9.55 Å². The molecule has 0 radical (unpaired) electrons. The molecule has 0 aliphatic carbocycles. The van der Waals surface area contributed by atoms with Crippen molar-refractivity contribution in [3.63, 3.8) is 0 Å². The number of carboxylic acid groups (broad SMARTS) is 2. The zero-order valence-corrected chi connectivity index (χ0v) is 20.6. The average molecular weight is 475 g/mol. The van der Waals surface area contributed by atoms with Gasteiger partial charge in [-0.25, -0.2) is 9.78 Å². The SMILES string of the molecule is CCCCCCCCCCCCCCC(Sc1nccn1-c1ccc(C(=O)O)cc1)C(=O)O. The second-order valence-electron chi connectivity index (χ2n) is 8.55. The summed E-state index contributed by atoms with van der Waals surface area (Å²) in [5.41, 5.74) is 0.970. The predicted octanol–water partition coefficient (Wildman–Crippen LogP) is 7.21. The lowest BCUT2D eigenvalue weighted by Crippen LogP contribution is -2.17.